The molecule has 0 spiro atoms. The molecule has 0 bridgehead atoms. The minimum Gasteiger partial charge on any atom is -0.368 e. The minimum atomic E-state index is -0.616. The summed E-state index contributed by atoms with van der Waals surface area (Å²) in [6.45, 7) is 23.2. The van der Waals surface area contributed by atoms with Crippen molar-refractivity contribution in [3.05, 3.63) is 0 Å². The zero-order chi connectivity index (χ0) is 20.0. The number of nitrogens with two attached hydrogens (primary N) is 1. The van der Waals surface area contributed by atoms with Crippen molar-refractivity contribution in [2.24, 2.45) is 40.7 Å². The van der Waals surface area contributed by atoms with Crippen LogP contribution in [0.4, 0.5) is 0 Å². The second-order valence-electron chi connectivity index (χ2n) is 10.4. The van der Waals surface area contributed by atoms with Gasteiger partial charge in [0.05, 0.1) is 0 Å². The van der Waals surface area contributed by atoms with Gasteiger partial charge in [-0.25, -0.2) is 0 Å². The van der Waals surface area contributed by atoms with Gasteiger partial charge in [0.1, 0.15) is 5.54 Å². The lowest BCUT2D eigenvalue weighted by molar-refractivity contribution is -0.128. The number of carbonyl (C=O) groups excluding carboxylic acids is 1. The van der Waals surface area contributed by atoms with E-state index >= 15 is 0 Å². The molecule has 25 heavy (non-hydrogen) atoms. The summed E-state index contributed by atoms with van der Waals surface area (Å²) in [4.78, 5) is 12.8. The van der Waals surface area contributed by atoms with Crippen LogP contribution in [0.1, 0.15) is 88.5 Å². The van der Waals surface area contributed by atoms with Gasteiger partial charge in [-0.2, -0.15) is 0 Å². The average molecular weight is 355 g/mol. The van der Waals surface area contributed by atoms with Crippen LogP contribution in [0.15, 0.2) is 0 Å². The Morgan fingerprint density at radius 3 is 1.60 bits per heavy atom. The molecule has 3 heteroatoms. The van der Waals surface area contributed by atoms with E-state index in [1.165, 1.54) is 0 Å². The minimum absolute atomic E-state index is 0.123. The Morgan fingerprint density at radius 2 is 1.32 bits per heavy atom. The van der Waals surface area contributed by atoms with Crippen molar-refractivity contribution in [2.45, 2.75) is 94.0 Å². The predicted octanol–water partition coefficient (Wildman–Crippen LogP) is 5.24. The number of primary amides is 1. The Hall–Kier alpha value is -0.570. The van der Waals surface area contributed by atoms with Crippen LogP contribution in [0.2, 0.25) is 0 Å². The summed E-state index contributed by atoms with van der Waals surface area (Å²) in [5.74, 6) is 2.16. The summed E-state index contributed by atoms with van der Waals surface area (Å²) < 4.78 is 0. The normalized spacial score (nSPS) is 15.6. The van der Waals surface area contributed by atoms with Gasteiger partial charge in [0, 0.05) is 6.54 Å². The number of rotatable bonds is 12. The maximum atomic E-state index is 12.8. The van der Waals surface area contributed by atoms with E-state index in [-0.39, 0.29) is 17.2 Å². The molecule has 0 rings (SSSR count). The fourth-order valence-electron chi connectivity index (χ4n) is 3.64. The SMILES string of the molecule is CC(C)CC(CC(C)C)C(CC(C)C)(NCC(C)(C)C(C)C)C(N)=O. The highest BCUT2D eigenvalue weighted by molar-refractivity contribution is 5.85. The van der Waals surface area contributed by atoms with E-state index in [0.717, 1.165) is 25.8 Å². The van der Waals surface area contributed by atoms with E-state index in [1.54, 1.807) is 0 Å². The average Bonchev–Trinajstić information content (AvgIpc) is 2.40. The first kappa shape index (κ1) is 24.4. The summed E-state index contributed by atoms with van der Waals surface area (Å²) in [5.41, 5.74) is 5.58. The summed E-state index contributed by atoms with van der Waals surface area (Å²) >= 11 is 0. The van der Waals surface area contributed by atoms with E-state index in [1.807, 2.05) is 0 Å². The number of nitrogens with one attached hydrogen (secondary N) is 1. The first-order valence-electron chi connectivity index (χ1n) is 10.3. The lowest BCUT2D eigenvalue weighted by Crippen LogP contribution is -2.63. The molecular weight excluding hydrogens is 308 g/mol. The predicted molar refractivity (Wildman–Crippen MR) is 110 cm³/mol. The van der Waals surface area contributed by atoms with Gasteiger partial charge < -0.3 is 11.1 Å². The van der Waals surface area contributed by atoms with Gasteiger partial charge in [0.15, 0.2) is 0 Å². The van der Waals surface area contributed by atoms with Crippen molar-refractivity contribution in [2.75, 3.05) is 6.54 Å². The molecule has 0 fully saturated rings. The Morgan fingerprint density at radius 1 is 0.880 bits per heavy atom. The molecule has 3 nitrogen and oxygen atoms in total. The van der Waals surface area contributed by atoms with E-state index < -0.39 is 5.54 Å². The third kappa shape index (κ3) is 7.68. The second-order valence-corrected chi connectivity index (χ2v) is 10.4. The smallest absolute Gasteiger partial charge is 0.238 e. The highest BCUT2D eigenvalue weighted by atomic mass is 16.1. The third-order valence-corrected chi connectivity index (χ3v) is 5.80. The standard InChI is InChI=1S/C22H46N2O/c1-15(2)11-19(12-16(3)4)22(20(23)25,13-17(5)6)24-14-21(9,10)18(7)8/h15-19,24H,11-14H2,1-10H3,(H2,23,25). The van der Waals surface area contributed by atoms with E-state index in [4.69, 9.17) is 5.73 Å². The molecule has 1 amide bonds. The van der Waals surface area contributed by atoms with Crippen molar-refractivity contribution in [1.29, 1.82) is 0 Å². The zero-order valence-corrected chi connectivity index (χ0v) is 18.7. The highest BCUT2D eigenvalue weighted by Gasteiger charge is 2.45. The molecule has 3 N–H and O–H groups in total. The lowest BCUT2D eigenvalue weighted by atomic mass is 9.69. The van der Waals surface area contributed by atoms with Crippen LogP contribution in [0.25, 0.3) is 0 Å². The molecule has 0 saturated heterocycles. The maximum absolute atomic E-state index is 12.8. The van der Waals surface area contributed by atoms with Crippen LogP contribution in [-0.2, 0) is 4.79 Å². The maximum Gasteiger partial charge on any atom is 0.238 e. The number of amides is 1. The molecule has 0 radical (unpaired) electrons. The van der Waals surface area contributed by atoms with Crippen molar-refractivity contribution in [3.63, 3.8) is 0 Å². The molecule has 0 aliphatic heterocycles. The van der Waals surface area contributed by atoms with Crippen molar-refractivity contribution >= 4 is 5.91 Å². The quantitative estimate of drug-likeness (QED) is 0.504. The van der Waals surface area contributed by atoms with E-state index in [9.17, 15) is 4.79 Å². The Kier molecular flexibility index (Phi) is 9.72. The van der Waals surface area contributed by atoms with Gasteiger partial charge in [-0.05, 0) is 54.3 Å². The summed E-state index contributed by atoms with van der Waals surface area (Å²) in [6, 6.07) is 0. The fraction of sp³-hybridized carbons (Fsp3) is 0.955. The Bertz CT molecular complexity index is 389. The van der Waals surface area contributed by atoms with Gasteiger partial charge >= 0.3 is 0 Å². The van der Waals surface area contributed by atoms with Crippen LogP contribution < -0.4 is 11.1 Å². The van der Waals surface area contributed by atoms with Crippen LogP contribution >= 0.6 is 0 Å². The molecule has 0 aliphatic rings. The molecule has 1 unspecified atom stereocenters. The number of carbonyl (C=O) groups is 1. The van der Waals surface area contributed by atoms with Crippen LogP contribution in [0.5, 0.6) is 0 Å². The largest absolute Gasteiger partial charge is 0.368 e. The van der Waals surface area contributed by atoms with Crippen LogP contribution in [-0.4, -0.2) is 18.0 Å². The van der Waals surface area contributed by atoms with Crippen molar-refractivity contribution in [3.8, 4) is 0 Å². The highest BCUT2D eigenvalue weighted by Crippen LogP contribution is 2.36. The fourth-order valence-corrected chi connectivity index (χ4v) is 3.64. The van der Waals surface area contributed by atoms with E-state index in [0.29, 0.717) is 23.7 Å². The molecule has 0 aliphatic carbocycles. The van der Waals surface area contributed by atoms with Crippen molar-refractivity contribution in [1.82, 2.24) is 5.32 Å². The molecule has 1 atom stereocenters. The summed E-state index contributed by atoms with van der Waals surface area (Å²) in [7, 11) is 0. The van der Waals surface area contributed by atoms with E-state index in [2.05, 4.69) is 74.6 Å². The molecule has 0 aromatic rings. The van der Waals surface area contributed by atoms with Gasteiger partial charge in [0.25, 0.3) is 0 Å². The summed E-state index contributed by atoms with van der Waals surface area (Å²) in [5, 5.41) is 3.72. The van der Waals surface area contributed by atoms with Gasteiger partial charge in [0.2, 0.25) is 5.91 Å². The molecule has 150 valence electrons. The van der Waals surface area contributed by atoms with Crippen molar-refractivity contribution < 1.29 is 4.79 Å². The second kappa shape index (κ2) is 9.94. The first-order valence-corrected chi connectivity index (χ1v) is 10.3. The third-order valence-electron chi connectivity index (χ3n) is 5.80. The number of hydrogen-bond donors (Lipinski definition) is 2. The molecular formula is C22H46N2O. The first-order chi connectivity index (χ1) is 11.2. The van der Waals surface area contributed by atoms with Gasteiger partial charge in [-0.15, -0.1) is 0 Å². The molecule has 0 aromatic carbocycles. The summed E-state index contributed by atoms with van der Waals surface area (Å²) in [6.07, 6.45) is 2.87. The number of hydrogen-bond acceptors (Lipinski definition) is 2. The van der Waals surface area contributed by atoms with Gasteiger partial charge in [-0.1, -0.05) is 69.2 Å². The monoisotopic (exact) mass is 354 g/mol. The topological polar surface area (TPSA) is 55.1 Å². The molecule has 0 heterocycles. The lowest BCUT2D eigenvalue weighted by Gasteiger charge is -2.44. The van der Waals surface area contributed by atoms with Crippen LogP contribution in [0.3, 0.4) is 0 Å². The van der Waals surface area contributed by atoms with Gasteiger partial charge in [-0.3, -0.25) is 4.79 Å². The Labute approximate surface area is 157 Å². The zero-order valence-electron chi connectivity index (χ0n) is 18.7. The van der Waals surface area contributed by atoms with Crippen LogP contribution in [0, 0.1) is 35.0 Å². The molecule has 0 saturated carbocycles. The Balaban J connectivity index is 5.84. The molecule has 0 aromatic heterocycles.